The quantitative estimate of drug-likeness (QED) is 0.240. The summed E-state index contributed by atoms with van der Waals surface area (Å²) in [6.07, 6.45) is 0. The second-order valence-electron chi connectivity index (χ2n) is 8.06. The fraction of sp³-hybridized carbons (Fsp3) is 0.0345. The van der Waals surface area contributed by atoms with Gasteiger partial charge in [-0.3, -0.25) is 4.55 Å². The minimum atomic E-state index is -4.50. The van der Waals surface area contributed by atoms with Crippen molar-refractivity contribution in [1.29, 1.82) is 0 Å². The molecule has 0 spiro atoms. The SMILES string of the molecule is Cc1c(-c2ccc(-c3cccs3)cc2)cc(S(=O)(=O)O)c(-c2ccccc2)c1-c1ccccc1.S. The lowest BCUT2D eigenvalue weighted by molar-refractivity contribution is 0.483. The highest BCUT2D eigenvalue weighted by Gasteiger charge is 2.25. The zero-order valence-corrected chi connectivity index (χ0v) is 21.6. The van der Waals surface area contributed by atoms with E-state index in [-0.39, 0.29) is 18.4 Å². The first-order valence-corrected chi connectivity index (χ1v) is 13.2. The second kappa shape index (κ2) is 10.2. The summed E-state index contributed by atoms with van der Waals surface area (Å²) in [5, 5.41) is 2.04. The van der Waals surface area contributed by atoms with E-state index in [4.69, 9.17) is 0 Å². The Kier molecular flexibility index (Phi) is 7.28. The van der Waals surface area contributed by atoms with Crippen LogP contribution in [0.2, 0.25) is 0 Å². The highest BCUT2D eigenvalue weighted by molar-refractivity contribution is 7.86. The van der Waals surface area contributed by atoms with Gasteiger partial charge in [-0.25, -0.2) is 0 Å². The Morgan fingerprint density at radius 1 is 0.657 bits per heavy atom. The number of hydrogen-bond acceptors (Lipinski definition) is 3. The first-order valence-electron chi connectivity index (χ1n) is 10.8. The number of hydrogen-bond donors (Lipinski definition) is 1. The monoisotopic (exact) mass is 516 g/mol. The number of benzene rings is 4. The maximum absolute atomic E-state index is 12.7. The van der Waals surface area contributed by atoms with Gasteiger partial charge < -0.3 is 0 Å². The van der Waals surface area contributed by atoms with Crippen molar-refractivity contribution in [1.82, 2.24) is 0 Å². The molecule has 0 fully saturated rings. The van der Waals surface area contributed by atoms with E-state index < -0.39 is 10.1 Å². The molecule has 0 saturated heterocycles. The van der Waals surface area contributed by atoms with E-state index in [2.05, 4.69) is 6.07 Å². The summed E-state index contributed by atoms with van der Waals surface area (Å²) in [5.74, 6) is 0. The molecule has 0 saturated carbocycles. The summed E-state index contributed by atoms with van der Waals surface area (Å²) in [7, 11) is -4.50. The predicted molar refractivity (Wildman–Crippen MR) is 151 cm³/mol. The van der Waals surface area contributed by atoms with Gasteiger partial charge in [-0.2, -0.15) is 21.9 Å². The molecule has 4 aromatic carbocycles. The molecule has 0 bridgehead atoms. The van der Waals surface area contributed by atoms with E-state index in [1.165, 1.54) is 4.88 Å². The van der Waals surface area contributed by atoms with Gasteiger partial charge in [0, 0.05) is 10.4 Å². The van der Waals surface area contributed by atoms with Crippen molar-refractivity contribution in [2.45, 2.75) is 11.8 Å². The maximum atomic E-state index is 12.7. The van der Waals surface area contributed by atoms with Gasteiger partial charge in [-0.1, -0.05) is 91.0 Å². The highest BCUT2D eigenvalue weighted by Crippen LogP contribution is 2.44. The predicted octanol–water partition coefficient (Wildman–Crippen LogP) is 8.08. The Morgan fingerprint density at radius 2 is 1.20 bits per heavy atom. The minimum Gasteiger partial charge on any atom is -0.282 e. The van der Waals surface area contributed by atoms with Gasteiger partial charge in [-0.05, 0) is 63.4 Å². The van der Waals surface area contributed by atoms with E-state index in [0.717, 1.165) is 38.9 Å². The summed E-state index contributed by atoms with van der Waals surface area (Å²) in [6, 6.07) is 32.8. The lowest BCUT2D eigenvalue weighted by atomic mass is 9.86. The second-order valence-corrected chi connectivity index (χ2v) is 10.4. The van der Waals surface area contributed by atoms with Crippen LogP contribution in [0.5, 0.6) is 0 Å². The van der Waals surface area contributed by atoms with Crippen LogP contribution < -0.4 is 0 Å². The van der Waals surface area contributed by atoms with Crippen LogP contribution in [-0.4, -0.2) is 13.0 Å². The molecule has 0 atom stereocenters. The molecule has 0 aliphatic heterocycles. The van der Waals surface area contributed by atoms with Crippen molar-refractivity contribution >= 4 is 35.0 Å². The van der Waals surface area contributed by atoms with Crippen molar-refractivity contribution in [3.63, 3.8) is 0 Å². The van der Waals surface area contributed by atoms with Crippen molar-refractivity contribution < 1.29 is 13.0 Å². The van der Waals surface area contributed by atoms with Crippen LogP contribution in [0.15, 0.2) is 113 Å². The topological polar surface area (TPSA) is 54.4 Å². The van der Waals surface area contributed by atoms with Crippen molar-refractivity contribution in [2.24, 2.45) is 0 Å². The summed E-state index contributed by atoms with van der Waals surface area (Å²) >= 11 is 1.67. The van der Waals surface area contributed by atoms with Gasteiger partial charge in [0.05, 0.1) is 0 Å². The zero-order chi connectivity index (χ0) is 23.7. The zero-order valence-electron chi connectivity index (χ0n) is 19.0. The van der Waals surface area contributed by atoms with Crippen molar-refractivity contribution in [3.05, 3.63) is 114 Å². The van der Waals surface area contributed by atoms with Gasteiger partial charge in [-0.15, -0.1) is 11.3 Å². The summed E-state index contributed by atoms with van der Waals surface area (Å²) in [4.78, 5) is 1.08. The highest BCUT2D eigenvalue weighted by atomic mass is 32.2. The molecular formula is C29H24O3S3. The van der Waals surface area contributed by atoms with Gasteiger partial charge in [0.2, 0.25) is 0 Å². The van der Waals surface area contributed by atoms with Crippen LogP contribution in [0.4, 0.5) is 0 Å². The standard InChI is InChI=1S/C29H22O3S2.H2S/c1-20-25(21-14-16-22(17-15-21)26-13-8-18-33-26)19-27(34(30,31)32)29(24-11-6-3-7-12-24)28(20)23-9-4-2-5-10-23;/h2-19H,1H3,(H,30,31,32);1H2. The van der Waals surface area contributed by atoms with Crippen LogP contribution in [0.1, 0.15) is 5.56 Å². The lowest BCUT2D eigenvalue weighted by Crippen LogP contribution is -2.05. The van der Waals surface area contributed by atoms with E-state index in [1.807, 2.05) is 103 Å². The fourth-order valence-electron chi connectivity index (χ4n) is 4.37. The van der Waals surface area contributed by atoms with Crippen molar-refractivity contribution in [3.8, 4) is 43.8 Å². The Labute approximate surface area is 216 Å². The Balaban J connectivity index is 0.00000289. The smallest absolute Gasteiger partial charge is 0.282 e. The Hall–Kier alpha value is -3.16. The molecule has 1 heterocycles. The summed E-state index contributed by atoms with van der Waals surface area (Å²) in [5.41, 5.74) is 6.63. The van der Waals surface area contributed by atoms with Crippen LogP contribution >= 0.6 is 24.8 Å². The average molecular weight is 517 g/mol. The molecule has 1 aromatic heterocycles. The molecule has 176 valence electrons. The van der Waals surface area contributed by atoms with E-state index >= 15 is 0 Å². The fourth-order valence-corrected chi connectivity index (χ4v) is 5.85. The van der Waals surface area contributed by atoms with E-state index in [1.54, 1.807) is 17.4 Å². The van der Waals surface area contributed by atoms with Gasteiger partial charge in [0.1, 0.15) is 4.90 Å². The number of rotatable bonds is 5. The molecule has 0 aliphatic rings. The van der Waals surface area contributed by atoms with Crippen LogP contribution in [0.3, 0.4) is 0 Å². The van der Waals surface area contributed by atoms with Crippen LogP contribution in [0.25, 0.3) is 43.8 Å². The van der Waals surface area contributed by atoms with E-state index in [9.17, 15) is 13.0 Å². The van der Waals surface area contributed by atoms with Crippen LogP contribution in [-0.2, 0) is 10.1 Å². The third-order valence-electron chi connectivity index (χ3n) is 5.96. The van der Waals surface area contributed by atoms with Gasteiger partial charge >= 0.3 is 0 Å². The molecule has 5 rings (SSSR count). The van der Waals surface area contributed by atoms with Crippen LogP contribution in [0, 0.1) is 6.92 Å². The Morgan fingerprint density at radius 3 is 1.71 bits per heavy atom. The molecule has 1 N–H and O–H groups in total. The molecule has 0 radical (unpaired) electrons. The van der Waals surface area contributed by atoms with Gasteiger partial charge in [0.25, 0.3) is 10.1 Å². The molecule has 35 heavy (non-hydrogen) atoms. The summed E-state index contributed by atoms with van der Waals surface area (Å²) < 4.78 is 35.7. The minimum absolute atomic E-state index is 0. The maximum Gasteiger partial charge on any atom is 0.295 e. The third-order valence-corrected chi connectivity index (χ3v) is 7.75. The van der Waals surface area contributed by atoms with E-state index in [0.29, 0.717) is 5.56 Å². The molecular weight excluding hydrogens is 493 g/mol. The first kappa shape index (κ1) is 24.9. The first-order chi connectivity index (χ1) is 16.4. The molecule has 3 nitrogen and oxygen atoms in total. The average Bonchev–Trinajstić information content (AvgIpc) is 3.39. The number of thiophene rings is 1. The Bertz CT molecular complexity index is 1540. The molecule has 0 aliphatic carbocycles. The third kappa shape index (κ3) is 4.97. The van der Waals surface area contributed by atoms with Gasteiger partial charge in [0.15, 0.2) is 0 Å². The summed E-state index contributed by atoms with van der Waals surface area (Å²) in [6.45, 7) is 2.01. The van der Waals surface area contributed by atoms with Crippen molar-refractivity contribution in [2.75, 3.05) is 0 Å². The normalized spacial score (nSPS) is 11.1. The molecule has 5 aromatic rings. The molecule has 0 unspecified atom stereocenters. The lowest BCUT2D eigenvalue weighted by Gasteiger charge is -2.21. The largest absolute Gasteiger partial charge is 0.295 e. The molecule has 6 heteroatoms. The molecule has 0 amide bonds.